The zero-order valence-electron chi connectivity index (χ0n) is 15.7. The van der Waals surface area contributed by atoms with Crippen molar-refractivity contribution < 1.29 is 14.3 Å². The molecule has 1 spiro atoms. The maximum Gasteiger partial charge on any atom is 0.272 e. The fraction of sp³-hybridized carbons (Fsp3) is 0.526. The molecule has 144 valence electrons. The van der Waals surface area contributed by atoms with Crippen molar-refractivity contribution in [1.29, 1.82) is 0 Å². The third kappa shape index (κ3) is 3.17. The predicted molar refractivity (Wildman–Crippen MR) is 103 cm³/mol. The lowest BCUT2D eigenvalue weighted by Gasteiger charge is -2.23. The molecule has 0 aliphatic carbocycles. The quantitative estimate of drug-likeness (QED) is 0.784. The summed E-state index contributed by atoms with van der Waals surface area (Å²) in [6.07, 6.45) is 1.54. The number of likely N-dealkylation sites (tertiary alicyclic amines) is 2. The second-order valence-electron chi connectivity index (χ2n) is 7.31. The van der Waals surface area contributed by atoms with E-state index in [0.29, 0.717) is 31.9 Å². The maximum atomic E-state index is 13.1. The van der Waals surface area contributed by atoms with Gasteiger partial charge in [0.25, 0.3) is 5.91 Å². The van der Waals surface area contributed by atoms with Crippen LogP contribution in [-0.2, 0) is 16.6 Å². The molecule has 0 radical (unpaired) electrons. The summed E-state index contributed by atoms with van der Waals surface area (Å²) in [6, 6.07) is 5.82. The third-order valence-corrected chi connectivity index (χ3v) is 6.57. The summed E-state index contributed by atoms with van der Waals surface area (Å²) in [5.41, 5.74) is 0.961. The van der Waals surface area contributed by atoms with Gasteiger partial charge in [0, 0.05) is 40.3 Å². The number of aromatic nitrogens is 2. The molecule has 7 nitrogen and oxygen atoms in total. The van der Waals surface area contributed by atoms with Gasteiger partial charge in [-0.05, 0) is 30.4 Å². The molecule has 2 aromatic heterocycles. The molecule has 2 aliphatic rings. The molecule has 4 heterocycles. The number of nitrogens with zero attached hydrogens (tertiary/aromatic N) is 4. The van der Waals surface area contributed by atoms with Crippen molar-refractivity contribution in [3.63, 3.8) is 0 Å². The third-order valence-electron chi connectivity index (χ3n) is 5.68. The first-order chi connectivity index (χ1) is 13.0. The Morgan fingerprint density at radius 1 is 1.37 bits per heavy atom. The highest BCUT2D eigenvalue weighted by molar-refractivity contribution is 7.13. The Labute approximate surface area is 162 Å². The molecule has 2 saturated heterocycles. The van der Waals surface area contributed by atoms with Crippen LogP contribution in [0.25, 0.3) is 10.6 Å². The average Bonchev–Trinajstić information content (AvgIpc) is 3.43. The van der Waals surface area contributed by atoms with Crippen LogP contribution in [0.3, 0.4) is 0 Å². The van der Waals surface area contributed by atoms with Crippen molar-refractivity contribution in [3.8, 4) is 10.6 Å². The van der Waals surface area contributed by atoms with Crippen molar-refractivity contribution in [3.05, 3.63) is 29.3 Å². The summed E-state index contributed by atoms with van der Waals surface area (Å²) >= 11 is 1.60. The first-order valence-electron chi connectivity index (χ1n) is 9.19. The average molecular weight is 388 g/mol. The zero-order chi connectivity index (χ0) is 19.0. The minimum absolute atomic E-state index is 0.0483. The van der Waals surface area contributed by atoms with Crippen molar-refractivity contribution in [2.45, 2.75) is 12.8 Å². The van der Waals surface area contributed by atoms with Crippen molar-refractivity contribution in [2.24, 2.45) is 12.5 Å². The second kappa shape index (κ2) is 7.09. The van der Waals surface area contributed by atoms with Crippen LogP contribution in [0.15, 0.2) is 23.6 Å². The normalized spacial score (nSPS) is 22.4. The molecule has 4 rings (SSSR count). The molecule has 0 N–H and O–H groups in total. The molecule has 0 aromatic carbocycles. The van der Waals surface area contributed by atoms with Gasteiger partial charge < -0.3 is 14.5 Å². The van der Waals surface area contributed by atoms with Gasteiger partial charge in [0.05, 0.1) is 16.9 Å². The fourth-order valence-electron chi connectivity index (χ4n) is 4.11. The molecule has 8 heteroatoms. The monoisotopic (exact) mass is 388 g/mol. The first kappa shape index (κ1) is 18.2. The highest BCUT2D eigenvalue weighted by Crippen LogP contribution is 2.41. The van der Waals surface area contributed by atoms with E-state index >= 15 is 0 Å². The number of hydrogen-bond donors (Lipinski definition) is 0. The molecule has 1 unspecified atom stereocenters. The lowest BCUT2D eigenvalue weighted by atomic mass is 9.85. The molecule has 2 fully saturated rings. The Bertz CT molecular complexity index is 847. The number of thiophene rings is 1. The molecule has 2 amide bonds. The van der Waals surface area contributed by atoms with Gasteiger partial charge in [0.1, 0.15) is 11.4 Å². The number of rotatable bonds is 5. The van der Waals surface area contributed by atoms with E-state index in [2.05, 4.69) is 5.10 Å². The van der Waals surface area contributed by atoms with E-state index in [1.165, 1.54) is 0 Å². The molecule has 0 bridgehead atoms. The van der Waals surface area contributed by atoms with E-state index in [1.54, 1.807) is 30.2 Å². The van der Waals surface area contributed by atoms with Gasteiger partial charge in [-0.1, -0.05) is 6.07 Å². The number of hydrogen-bond acceptors (Lipinski definition) is 5. The van der Waals surface area contributed by atoms with E-state index < -0.39 is 5.41 Å². The molecule has 27 heavy (non-hydrogen) atoms. The summed E-state index contributed by atoms with van der Waals surface area (Å²) in [6.45, 7) is 3.02. The van der Waals surface area contributed by atoms with Gasteiger partial charge in [-0.2, -0.15) is 5.10 Å². The van der Waals surface area contributed by atoms with Crippen LogP contribution in [-0.4, -0.2) is 71.3 Å². The second-order valence-corrected chi connectivity index (χ2v) is 8.26. The minimum atomic E-state index is -0.418. The molecule has 2 aliphatic heterocycles. The van der Waals surface area contributed by atoms with Crippen molar-refractivity contribution in [2.75, 3.05) is 39.9 Å². The van der Waals surface area contributed by atoms with Crippen molar-refractivity contribution in [1.82, 2.24) is 19.6 Å². The van der Waals surface area contributed by atoms with Crippen LogP contribution < -0.4 is 0 Å². The Balaban J connectivity index is 1.48. The zero-order valence-corrected chi connectivity index (χ0v) is 16.5. The summed E-state index contributed by atoms with van der Waals surface area (Å²) in [5, 5.41) is 6.48. The number of ether oxygens (including phenoxy) is 1. The maximum absolute atomic E-state index is 13.1. The number of amides is 2. The largest absolute Gasteiger partial charge is 0.383 e. The molecule has 1 atom stereocenters. The van der Waals surface area contributed by atoms with Gasteiger partial charge in [-0.15, -0.1) is 11.3 Å². The van der Waals surface area contributed by atoms with Crippen LogP contribution in [0.4, 0.5) is 0 Å². The summed E-state index contributed by atoms with van der Waals surface area (Å²) < 4.78 is 6.74. The standard InChI is InChI=1S/C19H24N4O3S/c1-21-15(12-14(20-21)16-4-3-11-27-16)17(24)23-8-6-19(13-23)5-7-22(18(19)25)9-10-26-2/h3-4,11-12H,5-10,13H2,1-2H3. The number of methoxy groups -OCH3 is 1. The van der Waals surface area contributed by atoms with Crippen LogP contribution >= 0.6 is 11.3 Å². The van der Waals surface area contributed by atoms with Crippen LogP contribution in [0, 0.1) is 5.41 Å². The smallest absolute Gasteiger partial charge is 0.272 e. The van der Waals surface area contributed by atoms with E-state index in [9.17, 15) is 9.59 Å². The highest BCUT2D eigenvalue weighted by atomic mass is 32.1. The minimum Gasteiger partial charge on any atom is -0.383 e. The van der Waals surface area contributed by atoms with Crippen molar-refractivity contribution >= 4 is 23.2 Å². The van der Waals surface area contributed by atoms with Gasteiger partial charge in [-0.25, -0.2) is 0 Å². The van der Waals surface area contributed by atoms with E-state index in [0.717, 1.165) is 30.0 Å². The van der Waals surface area contributed by atoms with Gasteiger partial charge >= 0.3 is 0 Å². The summed E-state index contributed by atoms with van der Waals surface area (Å²) in [7, 11) is 3.44. The first-order valence-corrected chi connectivity index (χ1v) is 10.1. The predicted octanol–water partition coefficient (Wildman–Crippen LogP) is 1.86. The molecule has 2 aromatic rings. The summed E-state index contributed by atoms with van der Waals surface area (Å²) in [5.74, 6) is 0.118. The van der Waals surface area contributed by atoms with E-state index in [-0.39, 0.29) is 11.8 Å². The Morgan fingerprint density at radius 3 is 2.93 bits per heavy atom. The number of carbonyl (C=O) groups excluding carboxylic acids is 2. The Kier molecular flexibility index (Phi) is 4.77. The van der Waals surface area contributed by atoms with Crippen LogP contribution in [0.2, 0.25) is 0 Å². The Morgan fingerprint density at radius 2 is 2.19 bits per heavy atom. The fourth-order valence-corrected chi connectivity index (χ4v) is 4.79. The van der Waals surface area contributed by atoms with Gasteiger partial charge in [-0.3, -0.25) is 14.3 Å². The lowest BCUT2D eigenvalue weighted by Crippen LogP contribution is -2.39. The molecular weight excluding hydrogens is 364 g/mol. The lowest BCUT2D eigenvalue weighted by molar-refractivity contribution is -0.135. The van der Waals surface area contributed by atoms with Crippen LogP contribution in [0.1, 0.15) is 23.3 Å². The van der Waals surface area contributed by atoms with E-state index in [1.807, 2.05) is 33.4 Å². The number of carbonyl (C=O) groups is 2. The molecule has 0 saturated carbocycles. The highest BCUT2D eigenvalue weighted by Gasteiger charge is 2.51. The van der Waals surface area contributed by atoms with Gasteiger partial charge in [0.2, 0.25) is 5.91 Å². The topological polar surface area (TPSA) is 67.7 Å². The SMILES string of the molecule is COCCN1CCC2(CCN(C(=O)c3cc(-c4cccs4)nn3C)C2)C1=O. The van der Waals surface area contributed by atoms with E-state index in [4.69, 9.17) is 4.74 Å². The summed E-state index contributed by atoms with van der Waals surface area (Å²) in [4.78, 5) is 30.7. The number of aryl methyl sites for hydroxylation is 1. The molecular formula is C19H24N4O3S. The van der Waals surface area contributed by atoms with Gasteiger partial charge in [0.15, 0.2) is 0 Å². The van der Waals surface area contributed by atoms with Crippen LogP contribution in [0.5, 0.6) is 0 Å². The Hall–Kier alpha value is -2.19.